The van der Waals surface area contributed by atoms with Crippen LogP contribution in [0, 0.1) is 16.7 Å². The van der Waals surface area contributed by atoms with Crippen LogP contribution in [0.5, 0.6) is 0 Å². The fraction of sp³-hybridized carbons (Fsp3) is 0.478. The Balaban J connectivity index is 1.54. The quantitative estimate of drug-likeness (QED) is 0.502. The van der Waals surface area contributed by atoms with E-state index in [1.54, 1.807) is 12.3 Å². The van der Waals surface area contributed by atoms with Crippen LogP contribution in [0.2, 0.25) is 0 Å². The van der Waals surface area contributed by atoms with Gasteiger partial charge in [-0.15, -0.1) is 0 Å². The van der Waals surface area contributed by atoms with Crippen LogP contribution in [0.25, 0.3) is 11.3 Å². The summed E-state index contributed by atoms with van der Waals surface area (Å²) in [6.45, 7) is 6.84. The number of nitrogens with zero attached hydrogens (tertiary/aromatic N) is 4. The van der Waals surface area contributed by atoms with E-state index in [4.69, 9.17) is 15.4 Å². The third-order valence-corrected chi connectivity index (χ3v) is 5.91. The molecule has 2 aromatic heterocycles. The van der Waals surface area contributed by atoms with Crippen LogP contribution < -0.4 is 5.32 Å². The van der Waals surface area contributed by atoms with Gasteiger partial charge in [0.2, 0.25) is 0 Å². The second kappa shape index (κ2) is 8.19. The monoisotopic (exact) mass is 435 g/mol. The van der Waals surface area contributed by atoms with Gasteiger partial charge in [-0.3, -0.25) is 10.3 Å². The highest BCUT2D eigenvalue weighted by Gasteiger charge is 2.45. The number of anilines is 1. The molecule has 0 aliphatic carbocycles. The first-order valence-electron chi connectivity index (χ1n) is 10.8. The summed E-state index contributed by atoms with van der Waals surface area (Å²) in [5, 5.41) is 21.2. The second-order valence-corrected chi connectivity index (χ2v) is 9.29. The van der Waals surface area contributed by atoms with Gasteiger partial charge in [0.15, 0.2) is 0 Å². The van der Waals surface area contributed by atoms with Crippen LogP contribution >= 0.6 is 0 Å². The highest BCUT2D eigenvalue weighted by Crippen LogP contribution is 2.34. The van der Waals surface area contributed by atoms with E-state index in [1.807, 2.05) is 49.8 Å². The number of H-pyrrole nitrogens is 1. The predicted molar refractivity (Wildman–Crippen MR) is 122 cm³/mol. The predicted octanol–water partition coefficient (Wildman–Crippen LogP) is 3.40. The van der Waals surface area contributed by atoms with Crippen LogP contribution in [-0.2, 0) is 4.74 Å². The summed E-state index contributed by atoms with van der Waals surface area (Å²) >= 11 is 0. The Morgan fingerprint density at radius 2 is 2.00 bits per heavy atom. The largest absolute Gasteiger partial charge is 0.444 e. The van der Waals surface area contributed by atoms with Gasteiger partial charge in [-0.2, -0.15) is 5.26 Å². The Kier molecular flexibility index (Phi) is 5.55. The lowest BCUT2D eigenvalue weighted by Gasteiger charge is -2.42. The van der Waals surface area contributed by atoms with Gasteiger partial charge in [-0.25, -0.2) is 9.78 Å². The highest BCUT2D eigenvalue weighted by molar-refractivity contribution is 6.02. The number of likely N-dealkylation sites (tertiary alicyclic amines) is 1. The number of piperazine rings is 1. The lowest BCUT2D eigenvalue weighted by Crippen LogP contribution is -2.57. The molecule has 0 radical (unpaired) electrons. The molecule has 4 heterocycles. The number of carbonyl (C=O) groups is 1. The zero-order valence-electron chi connectivity index (χ0n) is 18.9. The fourth-order valence-electron chi connectivity index (χ4n) is 4.52. The van der Waals surface area contributed by atoms with Crippen LogP contribution in [0.15, 0.2) is 24.4 Å². The summed E-state index contributed by atoms with van der Waals surface area (Å²) < 4.78 is 5.62. The molecule has 9 heteroatoms. The molecule has 4 rings (SSSR count). The Bertz CT molecular complexity index is 1060. The molecule has 168 valence electrons. The number of ether oxygens (including phenoxy) is 1. The summed E-state index contributed by atoms with van der Waals surface area (Å²) in [5.74, 6) is 1.15. The number of pyridine rings is 1. The van der Waals surface area contributed by atoms with E-state index in [9.17, 15) is 4.79 Å². The minimum atomic E-state index is -0.526. The first-order chi connectivity index (χ1) is 15.2. The second-order valence-electron chi connectivity index (χ2n) is 9.29. The smallest absolute Gasteiger partial charge is 0.410 e. The molecule has 2 aliphatic rings. The van der Waals surface area contributed by atoms with E-state index >= 15 is 0 Å². The number of aromatic amines is 1. The van der Waals surface area contributed by atoms with Gasteiger partial charge in [-0.1, -0.05) is 0 Å². The number of rotatable bonds is 3. The first-order valence-corrected chi connectivity index (χ1v) is 10.8. The maximum Gasteiger partial charge on any atom is 0.410 e. The van der Waals surface area contributed by atoms with Crippen LogP contribution in [0.1, 0.15) is 44.9 Å². The van der Waals surface area contributed by atoms with Crippen molar-refractivity contribution in [3.8, 4) is 17.3 Å². The van der Waals surface area contributed by atoms with Gasteiger partial charge in [0.25, 0.3) is 0 Å². The summed E-state index contributed by atoms with van der Waals surface area (Å²) in [5.41, 5.74) is 2.21. The summed E-state index contributed by atoms with van der Waals surface area (Å²) in [7, 11) is 1.81. The Morgan fingerprint density at radius 1 is 1.31 bits per heavy atom. The third kappa shape index (κ3) is 4.13. The van der Waals surface area contributed by atoms with Gasteiger partial charge >= 0.3 is 6.09 Å². The Morgan fingerprint density at radius 3 is 2.59 bits per heavy atom. The SMILES string of the molecule is CNc1[nH]c(-c2ccnc(C#N)c2)cc1C(=N)N1CC2CCC(C1)N2C(=O)OC(C)(C)C. The van der Waals surface area contributed by atoms with Gasteiger partial charge in [0.1, 0.15) is 29.0 Å². The molecule has 2 bridgehead atoms. The fourth-order valence-corrected chi connectivity index (χ4v) is 4.52. The zero-order chi connectivity index (χ0) is 23.0. The molecular formula is C23H29N7O2. The lowest BCUT2D eigenvalue weighted by molar-refractivity contribution is 0.00278. The average molecular weight is 436 g/mol. The van der Waals surface area contributed by atoms with Crippen molar-refractivity contribution in [1.82, 2.24) is 19.8 Å². The van der Waals surface area contributed by atoms with Crippen LogP contribution in [0.4, 0.5) is 10.6 Å². The Hall–Kier alpha value is -3.54. The molecule has 2 unspecified atom stereocenters. The molecule has 2 saturated heterocycles. The van der Waals surface area contributed by atoms with Crippen molar-refractivity contribution in [2.24, 2.45) is 0 Å². The molecule has 2 aliphatic heterocycles. The molecule has 2 fully saturated rings. The number of fused-ring (bicyclic) bond motifs is 2. The molecule has 0 spiro atoms. The molecule has 0 aromatic carbocycles. The van der Waals surface area contributed by atoms with Crippen LogP contribution in [-0.4, -0.2) is 69.5 Å². The van der Waals surface area contributed by atoms with E-state index in [0.717, 1.165) is 35.5 Å². The van der Waals surface area contributed by atoms with E-state index < -0.39 is 5.60 Å². The summed E-state index contributed by atoms with van der Waals surface area (Å²) in [6.07, 6.45) is 3.17. The number of aromatic nitrogens is 2. The maximum absolute atomic E-state index is 12.7. The van der Waals surface area contributed by atoms with Crippen molar-refractivity contribution >= 4 is 17.7 Å². The van der Waals surface area contributed by atoms with Crippen molar-refractivity contribution < 1.29 is 9.53 Å². The van der Waals surface area contributed by atoms with E-state index in [1.165, 1.54) is 0 Å². The number of hydrogen-bond donors (Lipinski definition) is 3. The number of hydrogen-bond acceptors (Lipinski definition) is 6. The lowest BCUT2D eigenvalue weighted by atomic mass is 10.1. The average Bonchev–Trinajstić information content (AvgIpc) is 3.30. The number of carbonyl (C=O) groups excluding carboxylic acids is 1. The molecule has 1 amide bonds. The highest BCUT2D eigenvalue weighted by atomic mass is 16.6. The van der Waals surface area contributed by atoms with Gasteiger partial charge in [0, 0.05) is 37.6 Å². The molecule has 32 heavy (non-hydrogen) atoms. The zero-order valence-corrected chi connectivity index (χ0v) is 18.9. The van der Waals surface area contributed by atoms with E-state index in [0.29, 0.717) is 24.6 Å². The molecule has 2 aromatic rings. The number of amidine groups is 1. The van der Waals surface area contributed by atoms with Gasteiger partial charge < -0.3 is 19.9 Å². The molecule has 0 saturated carbocycles. The Labute approximate surface area is 187 Å². The molecule has 2 atom stereocenters. The van der Waals surface area contributed by atoms with Crippen molar-refractivity contribution in [3.63, 3.8) is 0 Å². The van der Waals surface area contributed by atoms with E-state index in [2.05, 4.69) is 21.4 Å². The normalized spacial score (nSPS) is 20.1. The van der Waals surface area contributed by atoms with Crippen molar-refractivity contribution in [1.29, 1.82) is 10.7 Å². The number of amides is 1. The van der Waals surface area contributed by atoms with E-state index in [-0.39, 0.29) is 18.2 Å². The molecular weight excluding hydrogens is 406 g/mol. The standard InChI is InChI=1S/C23H29N7O2/c1-23(2,3)32-22(31)30-16-5-6-17(30)13-29(12-16)20(25)18-10-19(28-21(18)26-4)14-7-8-27-15(9-14)11-24/h7-10,16-17,25-26,28H,5-6,12-13H2,1-4H3. The maximum atomic E-state index is 12.7. The third-order valence-electron chi connectivity index (χ3n) is 5.91. The van der Waals surface area contributed by atoms with Crippen molar-refractivity contribution in [2.75, 3.05) is 25.5 Å². The number of nitrogens with one attached hydrogen (secondary N) is 3. The van der Waals surface area contributed by atoms with Crippen LogP contribution in [0.3, 0.4) is 0 Å². The minimum absolute atomic E-state index is 0.0405. The van der Waals surface area contributed by atoms with Gasteiger partial charge in [0.05, 0.1) is 17.6 Å². The van der Waals surface area contributed by atoms with Crippen molar-refractivity contribution in [3.05, 3.63) is 35.7 Å². The number of nitriles is 1. The molecule has 9 nitrogen and oxygen atoms in total. The van der Waals surface area contributed by atoms with Crippen molar-refractivity contribution in [2.45, 2.75) is 51.3 Å². The first kappa shape index (κ1) is 21.7. The summed E-state index contributed by atoms with van der Waals surface area (Å²) in [4.78, 5) is 24.0. The topological polar surface area (TPSA) is 121 Å². The van der Waals surface area contributed by atoms with Gasteiger partial charge in [-0.05, 0) is 51.8 Å². The molecule has 3 N–H and O–H groups in total. The minimum Gasteiger partial charge on any atom is -0.444 e. The summed E-state index contributed by atoms with van der Waals surface area (Å²) in [6, 6.07) is 7.62.